The first kappa shape index (κ1) is 13.3. The minimum atomic E-state index is -0.397. The lowest BCUT2D eigenvalue weighted by Gasteiger charge is -2.32. The Morgan fingerprint density at radius 2 is 1.72 bits per heavy atom. The minimum absolute atomic E-state index is 0.340. The number of hydrogen-bond donors (Lipinski definition) is 1. The Hall–Kier alpha value is -1.16. The van der Waals surface area contributed by atoms with Gasteiger partial charge in [-0.3, -0.25) is 0 Å². The summed E-state index contributed by atoms with van der Waals surface area (Å²) in [5.41, 5.74) is 6.30. The first-order valence-corrected chi connectivity index (χ1v) is 6.38. The van der Waals surface area contributed by atoms with Crippen LogP contribution in [0.5, 0.6) is 0 Å². The lowest BCUT2D eigenvalue weighted by molar-refractivity contribution is 0.423. The molecule has 0 amide bonds. The van der Waals surface area contributed by atoms with Gasteiger partial charge in [-0.15, -0.1) is 0 Å². The van der Waals surface area contributed by atoms with Crippen LogP contribution in [0.1, 0.15) is 31.2 Å². The van der Waals surface area contributed by atoms with Gasteiger partial charge in [0.2, 0.25) is 0 Å². The molecule has 2 nitrogen and oxygen atoms in total. The molecule has 100 valence electrons. The number of nitrogens with two attached hydrogens (primary N) is 1. The van der Waals surface area contributed by atoms with E-state index in [1.165, 1.54) is 12.1 Å². The van der Waals surface area contributed by atoms with Crippen molar-refractivity contribution in [3.8, 4) is 0 Å². The fourth-order valence-corrected chi connectivity index (χ4v) is 3.09. The van der Waals surface area contributed by atoms with Gasteiger partial charge in [0, 0.05) is 31.6 Å². The van der Waals surface area contributed by atoms with Crippen LogP contribution in [0.25, 0.3) is 0 Å². The van der Waals surface area contributed by atoms with Gasteiger partial charge in [-0.25, -0.2) is 8.78 Å². The lowest BCUT2D eigenvalue weighted by atomic mass is 9.77. The molecule has 0 heterocycles. The van der Waals surface area contributed by atoms with Gasteiger partial charge in [-0.05, 0) is 25.0 Å². The van der Waals surface area contributed by atoms with E-state index in [1.54, 1.807) is 19.0 Å². The average Bonchev–Trinajstić information content (AvgIpc) is 2.81. The molecule has 18 heavy (non-hydrogen) atoms. The maximum atomic E-state index is 14.2. The second-order valence-corrected chi connectivity index (χ2v) is 5.34. The maximum absolute atomic E-state index is 14.2. The smallest absolute Gasteiger partial charge is 0.146 e. The fourth-order valence-electron chi connectivity index (χ4n) is 3.09. The summed E-state index contributed by atoms with van der Waals surface area (Å²) in [7, 11) is 3.47. The third-order valence-corrected chi connectivity index (χ3v) is 4.01. The van der Waals surface area contributed by atoms with E-state index in [0.29, 0.717) is 17.8 Å². The van der Waals surface area contributed by atoms with Crippen molar-refractivity contribution in [3.63, 3.8) is 0 Å². The SMILES string of the molecule is CN(C)c1c(F)ccc(F)c1C1(CN)CCCC1. The number of nitrogens with zero attached hydrogens (tertiary/aromatic N) is 1. The quantitative estimate of drug-likeness (QED) is 0.898. The first-order chi connectivity index (χ1) is 8.52. The van der Waals surface area contributed by atoms with Crippen molar-refractivity contribution < 1.29 is 8.78 Å². The van der Waals surface area contributed by atoms with Gasteiger partial charge in [0.1, 0.15) is 11.6 Å². The number of halogens is 2. The summed E-state index contributed by atoms with van der Waals surface area (Å²) in [6, 6.07) is 2.40. The molecule has 0 radical (unpaired) electrons. The normalized spacial score (nSPS) is 18.1. The highest BCUT2D eigenvalue weighted by Crippen LogP contribution is 2.45. The van der Waals surface area contributed by atoms with Gasteiger partial charge >= 0.3 is 0 Å². The van der Waals surface area contributed by atoms with Crippen molar-refractivity contribution in [2.75, 3.05) is 25.5 Å². The Kier molecular flexibility index (Phi) is 3.57. The van der Waals surface area contributed by atoms with Gasteiger partial charge in [0.25, 0.3) is 0 Å². The summed E-state index contributed by atoms with van der Waals surface area (Å²) in [6.45, 7) is 0.369. The van der Waals surface area contributed by atoms with Crippen LogP contribution in [0.4, 0.5) is 14.5 Å². The van der Waals surface area contributed by atoms with Crippen molar-refractivity contribution in [1.82, 2.24) is 0 Å². The second kappa shape index (κ2) is 4.84. The van der Waals surface area contributed by atoms with Crippen LogP contribution in [-0.4, -0.2) is 20.6 Å². The molecule has 0 spiro atoms. The highest BCUT2D eigenvalue weighted by Gasteiger charge is 2.39. The molecule has 1 saturated carbocycles. The predicted octanol–water partition coefficient (Wildman–Crippen LogP) is 2.80. The molecule has 1 aliphatic carbocycles. The summed E-state index contributed by atoms with van der Waals surface area (Å²) in [6.07, 6.45) is 3.73. The molecule has 2 N–H and O–H groups in total. The predicted molar refractivity (Wildman–Crippen MR) is 69.9 cm³/mol. The molecule has 1 aliphatic rings. The van der Waals surface area contributed by atoms with Crippen LogP contribution in [0, 0.1) is 11.6 Å². The van der Waals surface area contributed by atoms with E-state index in [1.807, 2.05) is 0 Å². The molecule has 4 heteroatoms. The van der Waals surface area contributed by atoms with Crippen molar-refractivity contribution in [2.24, 2.45) is 5.73 Å². The molecular formula is C14H20F2N2. The van der Waals surface area contributed by atoms with Crippen molar-refractivity contribution in [1.29, 1.82) is 0 Å². The number of benzene rings is 1. The van der Waals surface area contributed by atoms with Gasteiger partial charge in [0.15, 0.2) is 0 Å². The summed E-state index contributed by atoms with van der Waals surface area (Å²) in [4.78, 5) is 1.64. The van der Waals surface area contributed by atoms with E-state index < -0.39 is 5.41 Å². The molecule has 1 fully saturated rings. The summed E-state index contributed by atoms with van der Waals surface area (Å²) >= 11 is 0. The van der Waals surface area contributed by atoms with Crippen LogP contribution in [-0.2, 0) is 5.41 Å². The molecule has 0 atom stereocenters. The summed E-state index contributed by atoms with van der Waals surface area (Å²) in [5.74, 6) is -0.719. The lowest BCUT2D eigenvalue weighted by Crippen LogP contribution is -2.35. The van der Waals surface area contributed by atoms with Crippen LogP contribution >= 0.6 is 0 Å². The fraction of sp³-hybridized carbons (Fsp3) is 0.571. The largest absolute Gasteiger partial charge is 0.375 e. The Morgan fingerprint density at radius 3 is 2.22 bits per heavy atom. The zero-order valence-corrected chi connectivity index (χ0v) is 11.0. The molecule has 1 aromatic carbocycles. The van der Waals surface area contributed by atoms with E-state index in [0.717, 1.165) is 25.7 Å². The number of anilines is 1. The van der Waals surface area contributed by atoms with Gasteiger partial charge < -0.3 is 10.6 Å². The first-order valence-electron chi connectivity index (χ1n) is 6.38. The molecule has 0 saturated heterocycles. The summed E-state index contributed by atoms with van der Waals surface area (Å²) < 4.78 is 28.2. The van der Waals surface area contributed by atoms with Crippen molar-refractivity contribution >= 4 is 5.69 Å². The van der Waals surface area contributed by atoms with Crippen LogP contribution in [0.2, 0.25) is 0 Å². The van der Waals surface area contributed by atoms with Crippen molar-refractivity contribution in [2.45, 2.75) is 31.1 Å². The third-order valence-electron chi connectivity index (χ3n) is 4.01. The maximum Gasteiger partial charge on any atom is 0.146 e. The van der Waals surface area contributed by atoms with Crippen LogP contribution < -0.4 is 10.6 Å². The number of hydrogen-bond acceptors (Lipinski definition) is 2. The van der Waals surface area contributed by atoms with Crippen LogP contribution in [0.3, 0.4) is 0 Å². The van der Waals surface area contributed by atoms with E-state index in [4.69, 9.17) is 5.73 Å². The molecule has 0 unspecified atom stereocenters. The number of rotatable bonds is 3. The van der Waals surface area contributed by atoms with Gasteiger partial charge in [-0.1, -0.05) is 12.8 Å². The van der Waals surface area contributed by atoms with Gasteiger partial charge in [-0.2, -0.15) is 0 Å². The Balaban J connectivity index is 2.64. The Morgan fingerprint density at radius 1 is 1.17 bits per heavy atom. The molecular weight excluding hydrogens is 234 g/mol. The highest BCUT2D eigenvalue weighted by molar-refractivity contribution is 5.58. The van der Waals surface area contributed by atoms with Crippen LogP contribution in [0.15, 0.2) is 12.1 Å². The van der Waals surface area contributed by atoms with Crippen molar-refractivity contribution in [3.05, 3.63) is 29.3 Å². The molecule has 0 aliphatic heterocycles. The highest BCUT2D eigenvalue weighted by atomic mass is 19.1. The zero-order valence-electron chi connectivity index (χ0n) is 11.0. The second-order valence-electron chi connectivity index (χ2n) is 5.34. The summed E-state index contributed by atoms with van der Waals surface area (Å²) in [5, 5.41) is 0. The van der Waals surface area contributed by atoms with E-state index in [9.17, 15) is 8.78 Å². The topological polar surface area (TPSA) is 29.3 Å². The molecule has 0 aromatic heterocycles. The molecule has 0 bridgehead atoms. The Labute approximate surface area is 107 Å². The zero-order chi connectivity index (χ0) is 13.3. The van der Waals surface area contributed by atoms with E-state index >= 15 is 0 Å². The van der Waals surface area contributed by atoms with E-state index in [2.05, 4.69) is 0 Å². The van der Waals surface area contributed by atoms with Gasteiger partial charge in [0.05, 0.1) is 5.69 Å². The molecule has 2 rings (SSSR count). The van der Waals surface area contributed by atoms with E-state index in [-0.39, 0.29) is 11.6 Å². The standard InChI is InChI=1S/C14H20F2N2/c1-18(2)13-11(16)6-5-10(15)12(13)14(9-17)7-3-4-8-14/h5-6H,3-4,7-9,17H2,1-2H3. The minimum Gasteiger partial charge on any atom is -0.375 e. The molecule has 1 aromatic rings. The average molecular weight is 254 g/mol. The Bertz CT molecular complexity index is 438. The third kappa shape index (κ3) is 1.99. The monoisotopic (exact) mass is 254 g/mol.